The lowest BCUT2D eigenvalue weighted by molar-refractivity contribution is 0.447. The van der Waals surface area contributed by atoms with Gasteiger partial charge in [-0.2, -0.15) is 0 Å². The van der Waals surface area contributed by atoms with Gasteiger partial charge in [-0.25, -0.2) is 13.1 Å². The molecule has 0 aliphatic carbocycles. The van der Waals surface area contributed by atoms with Gasteiger partial charge in [-0.3, -0.25) is 0 Å². The third kappa shape index (κ3) is 4.16. The average molecular weight is 344 g/mol. The van der Waals surface area contributed by atoms with Crippen molar-refractivity contribution in [2.45, 2.75) is 31.2 Å². The zero-order valence-corrected chi connectivity index (χ0v) is 14.8. The average Bonchev–Trinajstić information content (AvgIpc) is 2.61. The Labute approximate surface area is 144 Å². The Morgan fingerprint density at radius 1 is 1.08 bits per heavy atom. The molecule has 1 fully saturated rings. The summed E-state index contributed by atoms with van der Waals surface area (Å²) in [6.45, 7) is 4.79. The summed E-state index contributed by atoms with van der Waals surface area (Å²) in [7, 11) is -3.46. The molecule has 0 amide bonds. The molecule has 2 aromatic carbocycles. The second-order valence-corrected chi connectivity index (χ2v) is 8.26. The van der Waals surface area contributed by atoms with Crippen molar-refractivity contribution in [2.75, 3.05) is 18.0 Å². The summed E-state index contributed by atoms with van der Waals surface area (Å²) in [6.07, 6.45) is 2.54. The first-order valence-electron chi connectivity index (χ1n) is 8.43. The number of sulfonamides is 1. The van der Waals surface area contributed by atoms with Gasteiger partial charge in [0.25, 0.3) is 0 Å². The van der Waals surface area contributed by atoms with Crippen molar-refractivity contribution in [3.05, 3.63) is 60.2 Å². The standard InChI is InChI=1S/C19H24N2O2S/c1-16-6-5-13-21(15-16)18-11-9-17(10-12-18)14-20-24(22,23)19-7-3-2-4-8-19/h2-4,7-12,16,20H,5-6,13-15H2,1H3/t16-/m0/s1. The van der Waals surface area contributed by atoms with Crippen LogP contribution >= 0.6 is 0 Å². The Balaban J connectivity index is 1.62. The fourth-order valence-corrected chi connectivity index (χ4v) is 4.15. The van der Waals surface area contributed by atoms with Crippen LogP contribution in [0.15, 0.2) is 59.5 Å². The van der Waals surface area contributed by atoms with Gasteiger partial charge in [0.2, 0.25) is 10.0 Å². The highest BCUT2D eigenvalue weighted by atomic mass is 32.2. The number of hydrogen-bond acceptors (Lipinski definition) is 3. The fraction of sp³-hybridized carbons (Fsp3) is 0.368. The predicted octanol–water partition coefficient (Wildman–Crippen LogP) is 3.40. The Morgan fingerprint density at radius 3 is 2.46 bits per heavy atom. The van der Waals surface area contributed by atoms with Crippen LogP contribution in [0.5, 0.6) is 0 Å². The van der Waals surface area contributed by atoms with E-state index in [1.807, 2.05) is 12.1 Å². The predicted molar refractivity (Wildman–Crippen MR) is 97.5 cm³/mol. The molecule has 0 spiro atoms. The van der Waals surface area contributed by atoms with Crippen LogP contribution < -0.4 is 9.62 Å². The molecule has 3 rings (SSSR count). The van der Waals surface area contributed by atoms with Crippen molar-refractivity contribution in [3.8, 4) is 0 Å². The number of piperidine rings is 1. The van der Waals surface area contributed by atoms with Crippen LogP contribution in [0.25, 0.3) is 0 Å². The molecule has 1 heterocycles. The van der Waals surface area contributed by atoms with Crippen LogP contribution in [0, 0.1) is 5.92 Å². The number of rotatable bonds is 5. The van der Waals surface area contributed by atoms with Gasteiger partial charge in [0.15, 0.2) is 0 Å². The van der Waals surface area contributed by atoms with E-state index >= 15 is 0 Å². The van der Waals surface area contributed by atoms with E-state index in [0.29, 0.717) is 11.4 Å². The van der Waals surface area contributed by atoms with Gasteiger partial charge >= 0.3 is 0 Å². The van der Waals surface area contributed by atoms with Crippen molar-refractivity contribution >= 4 is 15.7 Å². The van der Waals surface area contributed by atoms with Gasteiger partial charge < -0.3 is 4.90 Å². The maximum absolute atomic E-state index is 12.2. The molecule has 1 saturated heterocycles. The van der Waals surface area contributed by atoms with Crippen LogP contribution in [-0.2, 0) is 16.6 Å². The SMILES string of the molecule is C[C@H]1CCCN(c2ccc(CNS(=O)(=O)c3ccccc3)cc2)C1. The van der Waals surface area contributed by atoms with Gasteiger partial charge in [0.1, 0.15) is 0 Å². The molecule has 2 aromatic rings. The summed E-state index contributed by atoms with van der Waals surface area (Å²) in [5.74, 6) is 0.733. The fourth-order valence-electron chi connectivity index (χ4n) is 3.11. The summed E-state index contributed by atoms with van der Waals surface area (Å²) in [4.78, 5) is 2.70. The molecule has 0 aromatic heterocycles. The molecule has 1 atom stereocenters. The van der Waals surface area contributed by atoms with E-state index in [9.17, 15) is 8.42 Å². The number of hydrogen-bond donors (Lipinski definition) is 1. The summed E-state index contributed by atoms with van der Waals surface area (Å²) in [5.41, 5.74) is 2.18. The van der Waals surface area contributed by atoms with Crippen molar-refractivity contribution in [1.29, 1.82) is 0 Å². The molecule has 1 aliphatic heterocycles. The van der Waals surface area contributed by atoms with E-state index in [0.717, 1.165) is 24.6 Å². The van der Waals surface area contributed by atoms with Gasteiger partial charge in [0, 0.05) is 25.3 Å². The monoisotopic (exact) mass is 344 g/mol. The third-order valence-corrected chi connectivity index (χ3v) is 5.90. The molecule has 0 unspecified atom stereocenters. The van der Waals surface area contributed by atoms with E-state index in [4.69, 9.17) is 0 Å². The van der Waals surface area contributed by atoms with Gasteiger partial charge in [0.05, 0.1) is 4.90 Å². The quantitative estimate of drug-likeness (QED) is 0.904. The van der Waals surface area contributed by atoms with E-state index in [1.54, 1.807) is 30.3 Å². The van der Waals surface area contributed by atoms with Crippen molar-refractivity contribution in [3.63, 3.8) is 0 Å². The lowest BCUT2D eigenvalue weighted by Crippen LogP contribution is -2.34. The minimum Gasteiger partial charge on any atom is -0.371 e. The smallest absolute Gasteiger partial charge is 0.240 e. The Bertz CT molecular complexity index is 758. The molecule has 4 nitrogen and oxygen atoms in total. The van der Waals surface area contributed by atoms with Crippen LogP contribution in [0.2, 0.25) is 0 Å². The summed E-state index contributed by atoms with van der Waals surface area (Å²) in [5, 5.41) is 0. The van der Waals surface area contributed by atoms with Crippen molar-refractivity contribution in [2.24, 2.45) is 5.92 Å². The molecule has 1 aliphatic rings. The number of anilines is 1. The summed E-state index contributed by atoms with van der Waals surface area (Å²) in [6, 6.07) is 16.6. The highest BCUT2D eigenvalue weighted by Gasteiger charge is 2.17. The normalized spacial score (nSPS) is 18.5. The highest BCUT2D eigenvalue weighted by Crippen LogP contribution is 2.23. The second kappa shape index (κ2) is 7.36. The lowest BCUT2D eigenvalue weighted by Gasteiger charge is -2.32. The summed E-state index contributed by atoms with van der Waals surface area (Å²) < 4.78 is 27.1. The van der Waals surface area contributed by atoms with Crippen LogP contribution in [0.3, 0.4) is 0 Å². The first-order chi connectivity index (χ1) is 11.5. The van der Waals surface area contributed by atoms with Crippen LogP contribution in [0.1, 0.15) is 25.3 Å². The van der Waals surface area contributed by atoms with Crippen molar-refractivity contribution in [1.82, 2.24) is 4.72 Å². The Kier molecular flexibility index (Phi) is 5.21. The van der Waals surface area contributed by atoms with E-state index < -0.39 is 10.0 Å². The Morgan fingerprint density at radius 2 is 1.79 bits per heavy atom. The molecule has 0 bridgehead atoms. The molecule has 5 heteroatoms. The number of nitrogens with zero attached hydrogens (tertiary/aromatic N) is 1. The molecule has 0 saturated carbocycles. The number of nitrogens with one attached hydrogen (secondary N) is 1. The van der Waals surface area contributed by atoms with E-state index in [2.05, 4.69) is 28.7 Å². The topological polar surface area (TPSA) is 49.4 Å². The molecular formula is C19H24N2O2S. The van der Waals surface area contributed by atoms with Crippen LogP contribution in [0.4, 0.5) is 5.69 Å². The minimum atomic E-state index is -3.46. The first kappa shape index (κ1) is 17.0. The largest absolute Gasteiger partial charge is 0.371 e. The van der Waals surface area contributed by atoms with Gasteiger partial charge in [-0.1, -0.05) is 37.3 Å². The maximum Gasteiger partial charge on any atom is 0.240 e. The molecule has 1 N–H and O–H groups in total. The number of benzene rings is 2. The maximum atomic E-state index is 12.2. The molecular weight excluding hydrogens is 320 g/mol. The molecule has 0 radical (unpaired) electrons. The van der Waals surface area contributed by atoms with E-state index in [-0.39, 0.29) is 0 Å². The highest BCUT2D eigenvalue weighted by molar-refractivity contribution is 7.89. The lowest BCUT2D eigenvalue weighted by atomic mass is 9.99. The minimum absolute atomic E-state index is 0.295. The zero-order valence-electron chi connectivity index (χ0n) is 14.0. The Hall–Kier alpha value is -1.85. The molecule has 128 valence electrons. The zero-order chi connectivity index (χ0) is 17.0. The van der Waals surface area contributed by atoms with E-state index in [1.165, 1.54) is 18.5 Å². The third-order valence-electron chi connectivity index (χ3n) is 4.48. The van der Waals surface area contributed by atoms with Gasteiger partial charge in [-0.05, 0) is 48.6 Å². The summed E-state index contributed by atoms with van der Waals surface area (Å²) >= 11 is 0. The van der Waals surface area contributed by atoms with Crippen molar-refractivity contribution < 1.29 is 8.42 Å². The first-order valence-corrected chi connectivity index (χ1v) is 9.91. The van der Waals surface area contributed by atoms with Gasteiger partial charge in [-0.15, -0.1) is 0 Å². The second-order valence-electron chi connectivity index (χ2n) is 6.50. The molecule has 24 heavy (non-hydrogen) atoms. The van der Waals surface area contributed by atoms with Crippen LogP contribution in [-0.4, -0.2) is 21.5 Å².